The summed E-state index contributed by atoms with van der Waals surface area (Å²) < 4.78 is 0. The highest BCUT2D eigenvalue weighted by Gasteiger charge is 2.42. The molecular formula is C19H15N2O4-. The standard InChI is InChI=1S/C19H16N2O4/c22-19(23)14-9-10-15(21(24)25)16-12-7-4-8-13(12)17(20-18(14)16)11-5-2-1-3-6-11/h1-7,9-10,12-13,17,20H,8H2,(H,22,23)/p-1/t12-,13-,17+/m0/s1. The van der Waals surface area contributed by atoms with Crippen LogP contribution in [0.4, 0.5) is 11.4 Å². The number of carbonyl (C=O) groups excluding carboxylic acids is 1. The molecule has 0 bridgehead atoms. The van der Waals surface area contributed by atoms with Gasteiger partial charge < -0.3 is 15.2 Å². The largest absolute Gasteiger partial charge is 0.545 e. The molecule has 2 aliphatic rings. The van der Waals surface area contributed by atoms with Crippen molar-refractivity contribution in [3.05, 3.63) is 81.4 Å². The lowest BCUT2D eigenvalue weighted by Gasteiger charge is -2.38. The van der Waals surface area contributed by atoms with E-state index < -0.39 is 10.9 Å². The highest BCUT2D eigenvalue weighted by Crippen LogP contribution is 2.53. The summed E-state index contributed by atoms with van der Waals surface area (Å²) in [7, 11) is 0. The fourth-order valence-corrected chi connectivity index (χ4v) is 4.01. The minimum absolute atomic E-state index is 0.0414. The average Bonchev–Trinajstić information content (AvgIpc) is 3.10. The summed E-state index contributed by atoms with van der Waals surface area (Å²) in [5.41, 5.74) is 1.68. The molecule has 1 N–H and O–H groups in total. The third-order valence-corrected chi connectivity index (χ3v) is 5.07. The summed E-state index contributed by atoms with van der Waals surface area (Å²) in [6, 6.07) is 12.1. The Bertz CT molecular complexity index is 892. The Morgan fingerprint density at radius 2 is 1.92 bits per heavy atom. The van der Waals surface area contributed by atoms with E-state index in [2.05, 4.69) is 5.32 Å². The van der Waals surface area contributed by atoms with Crippen molar-refractivity contribution in [1.29, 1.82) is 0 Å². The number of nitrogens with zero attached hydrogens (tertiary/aromatic N) is 1. The van der Waals surface area contributed by atoms with Crippen LogP contribution < -0.4 is 10.4 Å². The van der Waals surface area contributed by atoms with Crippen LogP contribution in [-0.4, -0.2) is 10.9 Å². The van der Waals surface area contributed by atoms with E-state index in [4.69, 9.17) is 0 Å². The molecule has 2 aromatic rings. The number of anilines is 1. The van der Waals surface area contributed by atoms with Crippen LogP contribution in [0.5, 0.6) is 0 Å². The molecule has 0 aromatic heterocycles. The normalized spacial score (nSPS) is 23.4. The van der Waals surface area contributed by atoms with Gasteiger partial charge in [-0.15, -0.1) is 0 Å². The molecule has 0 spiro atoms. The summed E-state index contributed by atoms with van der Waals surface area (Å²) in [6.45, 7) is 0. The van der Waals surface area contributed by atoms with E-state index >= 15 is 0 Å². The number of allylic oxidation sites excluding steroid dienone is 2. The number of carboxylic acids is 1. The second-order valence-corrected chi connectivity index (χ2v) is 6.35. The fraction of sp³-hybridized carbons (Fsp3) is 0.211. The summed E-state index contributed by atoms with van der Waals surface area (Å²) in [6.07, 6.45) is 4.74. The Morgan fingerprint density at radius 1 is 1.16 bits per heavy atom. The third-order valence-electron chi connectivity index (χ3n) is 5.07. The predicted molar refractivity (Wildman–Crippen MR) is 90.2 cm³/mol. The van der Waals surface area contributed by atoms with Crippen LogP contribution in [-0.2, 0) is 0 Å². The van der Waals surface area contributed by atoms with Crippen molar-refractivity contribution in [3.8, 4) is 0 Å². The van der Waals surface area contributed by atoms with E-state index in [1.165, 1.54) is 12.1 Å². The number of carboxylic acid groups (broad SMARTS) is 1. The number of nitro benzene ring substituents is 1. The lowest BCUT2D eigenvalue weighted by Crippen LogP contribution is -2.33. The first-order valence-electron chi connectivity index (χ1n) is 8.08. The lowest BCUT2D eigenvalue weighted by atomic mass is 9.75. The van der Waals surface area contributed by atoms with Crippen molar-refractivity contribution in [2.24, 2.45) is 5.92 Å². The van der Waals surface area contributed by atoms with E-state index in [9.17, 15) is 20.0 Å². The van der Waals surface area contributed by atoms with Crippen LogP contribution in [0.25, 0.3) is 0 Å². The topological polar surface area (TPSA) is 95.3 Å². The van der Waals surface area contributed by atoms with Crippen molar-refractivity contribution in [2.75, 3.05) is 5.32 Å². The van der Waals surface area contributed by atoms with Crippen molar-refractivity contribution in [2.45, 2.75) is 18.4 Å². The molecule has 126 valence electrons. The van der Waals surface area contributed by atoms with Crippen LogP contribution in [0.1, 0.15) is 39.9 Å². The van der Waals surface area contributed by atoms with Gasteiger partial charge >= 0.3 is 0 Å². The number of hydrogen-bond acceptors (Lipinski definition) is 5. The molecule has 2 aromatic carbocycles. The van der Waals surface area contributed by atoms with E-state index in [0.29, 0.717) is 11.3 Å². The molecule has 6 nitrogen and oxygen atoms in total. The first kappa shape index (κ1) is 15.4. The molecule has 0 fully saturated rings. The number of nitrogens with one attached hydrogen (secondary N) is 1. The van der Waals surface area contributed by atoms with Gasteiger partial charge in [-0.3, -0.25) is 10.1 Å². The van der Waals surface area contributed by atoms with Gasteiger partial charge in [-0.25, -0.2) is 0 Å². The summed E-state index contributed by atoms with van der Waals surface area (Å²) in [5.74, 6) is -1.43. The number of hydrogen-bond donors (Lipinski definition) is 1. The van der Waals surface area contributed by atoms with Crippen molar-refractivity contribution < 1.29 is 14.8 Å². The van der Waals surface area contributed by atoms with Gasteiger partial charge in [0.1, 0.15) is 0 Å². The summed E-state index contributed by atoms with van der Waals surface area (Å²) >= 11 is 0. The van der Waals surface area contributed by atoms with Crippen LogP contribution in [0.3, 0.4) is 0 Å². The quantitative estimate of drug-likeness (QED) is 0.529. The molecule has 4 rings (SSSR count). The Balaban J connectivity index is 1.93. The lowest BCUT2D eigenvalue weighted by molar-refractivity contribution is -0.385. The molecule has 0 unspecified atom stereocenters. The van der Waals surface area contributed by atoms with Crippen LogP contribution in [0.15, 0.2) is 54.6 Å². The van der Waals surface area contributed by atoms with Gasteiger partial charge in [0, 0.05) is 17.5 Å². The highest BCUT2D eigenvalue weighted by atomic mass is 16.6. The fourth-order valence-electron chi connectivity index (χ4n) is 4.01. The first-order valence-corrected chi connectivity index (χ1v) is 8.08. The molecule has 3 atom stereocenters. The maximum atomic E-state index is 11.6. The van der Waals surface area contributed by atoms with Crippen LogP contribution >= 0.6 is 0 Å². The third kappa shape index (κ3) is 2.38. The smallest absolute Gasteiger partial charge is 0.275 e. The maximum absolute atomic E-state index is 11.6. The monoisotopic (exact) mass is 335 g/mol. The number of benzene rings is 2. The highest BCUT2D eigenvalue weighted by molar-refractivity contribution is 5.95. The molecule has 0 amide bonds. The van der Waals surface area contributed by atoms with E-state index in [1.54, 1.807) is 0 Å². The average molecular weight is 335 g/mol. The van der Waals surface area contributed by atoms with E-state index in [-0.39, 0.29) is 29.1 Å². The predicted octanol–water partition coefficient (Wildman–Crippen LogP) is 2.78. The van der Waals surface area contributed by atoms with Gasteiger partial charge in [-0.05, 0) is 24.0 Å². The minimum Gasteiger partial charge on any atom is -0.545 e. The molecule has 25 heavy (non-hydrogen) atoms. The summed E-state index contributed by atoms with van der Waals surface area (Å²) in [4.78, 5) is 22.6. The molecular weight excluding hydrogens is 320 g/mol. The number of aromatic carboxylic acids is 1. The number of rotatable bonds is 3. The minimum atomic E-state index is -1.34. The molecule has 6 heteroatoms. The Labute approximate surface area is 144 Å². The van der Waals surface area contributed by atoms with Crippen molar-refractivity contribution in [3.63, 3.8) is 0 Å². The number of carbonyl (C=O) groups is 1. The van der Waals surface area contributed by atoms with Gasteiger partial charge in [0.15, 0.2) is 0 Å². The maximum Gasteiger partial charge on any atom is 0.275 e. The van der Waals surface area contributed by atoms with E-state index in [1.807, 2.05) is 42.5 Å². The molecule has 1 aliphatic heterocycles. The SMILES string of the molecule is O=C([O-])c1ccc([N+](=O)[O-])c2c1N[C@H](c1ccccc1)[C@H]1CC=C[C@H]21. The van der Waals surface area contributed by atoms with Crippen molar-refractivity contribution >= 4 is 17.3 Å². The number of nitro groups is 1. The van der Waals surface area contributed by atoms with Gasteiger partial charge in [-0.2, -0.15) is 0 Å². The van der Waals surface area contributed by atoms with Crippen LogP contribution in [0.2, 0.25) is 0 Å². The second kappa shape index (κ2) is 5.73. The molecule has 0 radical (unpaired) electrons. The number of fused-ring (bicyclic) bond motifs is 3. The Kier molecular flexibility index (Phi) is 3.53. The van der Waals surface area contributed by atoms with Gasteiger partial charge in [-0.1, -0.05) is 42.5 Å². The Morgan fingerprint density at radius 3 is 2.60 bits per heavy atom. The first-order chi connectivity index (χ1) is 12.1. The summed E-state index contributed by atoms with van der Waals surface area (Å²) in [5, 5.41) is 26.3. The zero-order chi connectivity index (χ0) is 17.6. The van der Waals surface area contributed by atoms with Crippen molar-refractivity contribution in [1.82, 2.24) is 0 Å². The molecule has 0 saturated carbocycles. The second-order valence-electron chi connectivity index (χ2n) is 6.35. The zero-order valence-electron chi connectivity index (χ0n) is 13.2. The Hall–Kier alpha value is -3.15. The zero-order valence-corrected chi connectivity index (χ0v) is 13.2. The molecule has 1 heterocycles. The molecule has 0 saturated heterocycles. The van der Waals surface area contributed by atoms with Gasteiger partial charge in [0.25, 0.3) is 5.69 Å². The van der Waals surface area contributed by atoms with E-state index in [0.717, 1.165) is 12.0 Å². The van der Waals surface area contributed by atoms with Gasteiger partial charge in [0.2, 0.25) is 0 Å². The van der Waals surface area contributed by atoms with Gasteiger partial charge in [0.05, 0.1) is 28.2 Å². The van der Waals surface area contributed by atoms with Crippen LogP contribution in [0, 0.1) is 16.0 Å². The molecule has 1 aliphatic carbocycles.